The lowest BCUT2D eigenvalue weighted by atomic mass is 9.91. The fourth-order valence-corrected chi connectivity index (χ4v) is 2.81. The molecular formula is C14H16O4. The summed E-state index contributed by atoms with van der Waals surface area (Å²) < 4.78 is 11.6. The van der Waals surface area contributed by atoms with Crippen molar-refractivity contribution in [1.29, 1.82) is 0 Å². The molecule has 96 valence electrons. The summed E-state index contributed by atoms with van der Waals surface area (Å²) in [6.45, 7) is 0.489. The van der Waals surface area contributed by atoms with Crippen LogP contribution in [0.1, 0.15) is 34.3 Å². The first-order chi connectivity index (χ1) is 8.76. The predicted molar refractivity (Wildman–Crippen MR) is 64.2 cm³/mol. The lowest BCUT2D eigenvalue weighted by Crippen LogP contribution is -2.39. The van der Waals surface area contributed by atoms with Crippen LogP contribution < -0.4 is 0 Å². The van der Waals surface area contributed by atoms with Gasteiger partial charge in [0.25, 0.3) is 0 Å². The second kappa shape index (κ2) is 4.46. The van der Waals surface area contributed by atoms with Gasteiger partial charge in [-0.3, -0.25) is 4.79 Å². The van der Waals surface area contributed by atoms with Gasteiger partial charge in [-0.05, 0) is 17.5 Å². The van der Waals surface area contributed by atoms with Crippen molar-refractivity contribution in [2.75, 3.05) is 6.61 Å². The number of aliphatic hydroxyl groups excluding tert-OH is 1. The molecule has 0 radical (unpaired) electrons. The van der Waals surface area contributed by atoms with Crippen molar-refractivity contribution in [3.63, 3.8) is 0 Å². The molecule has 0 saturated carbocycles. The topological polar surface area (TPSA) is 55.8 Å². The van der Waals surface area contributed by atoms with Gasteiger partial charge in [0.1, 0.15) is 6.29 Å². The van der Waals surface area contributed by atoms with Gasteiger partial charge in [0.2, 0.25) is 0 Å². The quantitative estimate of drug-likeness (QED) is 0.805. The average molecular weight is 248 g/mol. The van der Waals surface area contributed by atoms with E-state index < -0.39 is 5.79 Å². The standard InChI is InChI=1S/C14H16O4/c15-7-10-2-1-3-11-9-17-14(6-13(10)11)5-4-12(8-16)18-14/h1-3,7,12,16H,4-6,8-9H2/t12-,14+/m0/s1. The smallest absolute Gasteiger partial charge is 0.173 e. The van der Waals surface area contributed by atoms with E-state index in [0.717, 1.165) is 30.3 Å². The summed E-state index contributed by atoms with van der Waals surface area (Å²) in [4.78, 5) is 11.1. The summed E-state index contributed by atoms with van der Waals surface area (Å²) in [5, 5.41) is 9.14. The summed E-state index contributed by atoms with van der Waals surface area (Å²) in [6, 6.07) is 5.67. The van der Waals surface area contributed by atoms with Crippen LogP contribution in [0, 0.1) is 0 Å². The minimum absolute atomic E-state index is 0.0211. The van der Waals surface area contributed by atoms with Gasteiger partial charge in [-0.2, -0.15) is 0 Å². The van der Waals surface area contributed by atoms with Crippen molar-refractivity contribution in [2.45, 2.75) is 37.8 Å². The molecule has 4 nitrogen and oxygen atoms in total. The third-order valence-corrected chi connectivity index (χ3v) is 3.81. The van der Waals surface area contributed by atoms with E-state index >= 15 is 0 Å². The van der Waals surface area contributed by atoms with Crippen LogP contribution in [-0.4, -0.2) is 29.9 Å². The third-order valence-electron chi connectivity index (χ3n) is 3.81. The van der Waals surface area contributed by atoms with Crippen molar-refractivity contribution in [2.24, 2.45) is 0 Å². The zero-order chi connectivity index (χ0) is 12.6. The Balaban J connectivity index is 1.91. The number of hydrogen-bond donors (Lipinski definition) is 1. The van der Waals surface area contributed by atoms with Crippen molar-refractivity contribution in [3.8, 4) is 0 Å². The van der Waals surface area contributed by atoms with Gasteiger partial charge in [0.15, 0.2) is 5.79 Å². The number of carbonyl (C=O) groups is 1. The zero-order valence-corrected chi connectivity index (χ0v) is 10.1. The van der Waals surface area contributed by atoms with E-state index in [4.69, 9.17) is 14.6 Å². The van der Waals surface area contributed by atoms with Gasteiger partial charge in [-0.1, -0.05) is 18.2 Å². The number of rotatable bonds is 2. The molecule has 2 heterocycles. The van der Waals surface area contributed by atoms with Gasteiger partial charge >= 0.3 is 0 Å². The van der Waals surface area contributed by atoms with Crippen LogP contribution in [0.25, 0.3) is 0 Å². The molecule has 1 aromatic rings. The monoisotopic (exact) mass is 248 g/mol. The fraction of sp³-hybridized carbons (Fsp3) is 0.500. The highest BCUT2D eigenvalue weighted by atomic mass is 16.7. The molecule has 1 aromatic carbocycles. The summed E-state index contributed by atoms with van der Waals surface area (Å²) >= 11 is 0. The number of aliphatic hydroxyl groups is 1. The molecule has 0 amide bonds. The first-order valence-electron chi connectivity index (χ1n) is 6.25. The van der Waals surface area contributed by atoms with Crippen LogP contribution in [0.3, 0.4) is 0 Å². The number of benzene rings is 1. The second-order valence-corrected chi connectivity index (χ2v) is 4.94. The van der Waals surface area contributed by atoms with E-state index in [1.807, 2.05) is 18.2 Å². The average Bonchev–Trinajstić information content (AvgIpc) is 2.81. The maximum Gasteiger partial charge on any atom is 0.173 e. The largest absolute Gasteiger partial charge is 0.394 e. The Hall–Kier alpha value is -1.23. The first-order valence-corrected chi connectivity index (χ1v) is 6.25. The Bertz CT molecular complexity index is 471. The van der Waals surface area contributed by atoms with Gasteiger partial charge in [-0.25, -0.2) is 0 Å². The van der Waals surface area contributed by atoms with Crippen LogP contribution in [0.15, 0.2) is 18.2 Å². The van der Waals surface area contributed by atoms with Crippen LogP contribution in [0.4, 0.5) is 0 Å². The zero-order valence-electron chi connectivity index (χ0n) is 10.1. The Morgan fingerprint density at radius 1 is 1.50 bits per heavy atom. The molecule has 3 rings (SSSR count). The maximum atomic E-state index is 11.1. The normalized spacial score (nSPS) is 30.4. The molecular weight excluding hydrogens is 232 g/mol. The van der Waals surface area contributed by atoms with Crippen LogP contribution in [0.2, 0.25) is 0 Å². The second-order valence-electron chi connectivity index (χ2n) is 4.94. The summed E-state index contributed by atoms with van der Waals surface area (Å²) in [5.74, 6) is -0.639. The fourth-order valence-electron chi connectivity index (χ4n) is 2.81. The summed E-state index contributed by atoms with van der Waals surface area (Å²) in [5.41, 5.74) is 2.80. The maximum absolute atomic E-state index is 11.1. The van der Waals surface area contributed by atoms with Gasteiger partial charge in [0, 0.05) is 18.4 Å². The molecule has 1 saturated heterocycles. The molecule has 0 unspecified atom stereocenters. The predicted octanol–water partition coefficient (Wildman–Crippen LogP) is 1.44. The molecule has 2 atom stereocenters. The van der Waals surface area contributed by atoms with E-state index in [1.54, 1.807) is 0 Å². The van der Waals surface area contributed by atoms with E-state index in [9.17, 15) is 4.79 Å². The minimum Gasteiger partial charge on any atom is -0.394 e. The minimum atomic E-state index is -0.639. The Labute approximate surface area is 106 Å². The highest BCUT2D eigenvalue weighted by molar-refractivity contribution is 5.78. The van der Waals surface area contributed by atoms with Crippen molar-refractivity contribution in [3.05, 3.63) is 34.9 Å². The Morgan fingerprint density at radius 2 is 2.39 bits per heavy atom. The van der Waals surface area contributed by atoms with Crippen molar-refractivity contribution < 1.29 is 19.4 Å². The van der Waals surface area contributed by atoms with Crippen molar-refractivity contribution >= 4 is 6.29 Å². The molecule has 1 N–H and O–H groups in total. The SMILES string of the molecule is O=Cc1cccc2c1C[C@]1(CC[C@@H](CO)O1)OC2. The van der Waals surface area contributed by atoms with E-state index in [1.165, 1.54) is 0 Å². The molecule has 2 aliphatic heterocycles. The third kappa shape index (κ3) is 1.86. The molecule has 1 fully saturated rings. The van der Waals surface area contributed by atoms with E-state index in [2.05, 4.69) is 0 Å². The van der Waals surface area contributed by atoms with Gasteiger partial charge in [0.05, 0.1) is 19.3 Å². The number of ether oxygens (including phenoxy) is 2. The van der Waals surface area contributed by atoms with E-state index in [0.29, 0.717) is 18.6 Å². The molecule has 2 aliphatic rings. The number of hydrogen-bond acceptors (Lipinski definition) is 4. The van der Waals surface area contributed by atoms with Crippen LogP contribution in [0.5, 0.6) is 0 Å². The highest BCUT2D eigenvalue weighted by Crippen LogP contribution is 2.39. The molecule has 18 heavy (non-hydrogen) atoms. The summed E-state index contributed by atoms with van der Waals surface area (Å²) in [7, 11) is 0. The van der Waals surface area contributed by atoms with Gasteiger partial charge in [-0.15, -0.1) is 0 Å². The number of carbonyl (C=O) groups excluding carboxylic acids is 1. The molecule has 0 bridgehead atoms. The first kappa shape index (κ1) is 11.8. The van der Waals surface area contributed by atoms with Gasteiger partial charge < -0.3 is 14.6 Å². The molecule has 0 aromatic heterocycles. The van der Waals surface area contributed by atoms with Crippen LogP contribution >= 0.6 is 0 Å². The lowest BCUT2D eigenvalue weighted by Gasteiger charge is -2.35. The number of fused-ring (bicyclic) bond motifs is 1. The summed E-state index contributed by atoms with van der Waals surface area (Å²) in [6.07, 6.45) is 2.90. The lowest BCUT2D eigenvalue weighted by molar-refractivity contribution is -0.242. The van der Waals surface area contributed by atoms with Crippen molar-refractivity contribution in [1.82, 2.24) is 0 Å². The molecule has 1 spiro atoms. The molecule has 0 aliphatic carbocycles. The highest BCUT2D eigenvalue weighted by Gasteiger charge is 2.44. The Kier molecular flexibility index (Phi) is 2.93. The number of aldehydes is 1. The van der Waals surface area contributed by atoms with Crippen LogP contribution in [-0.2, 0) is 22.5 Å². The van der Waals surface area contributed by atoms with E-state index in [-0.39, 0.29) is 12.7 Å². The molecule has 4 heteroatoms. The Morgan fingerprint density at radius 3 is 3.11 bits per heavy atom.